The molecule has 2 aliphatic heterocycles. The van der Waals surface area contributed by atoms with Crippen molar-refractivity contribution >= 4 is 28.2 Å². The Hall–Kier alpha value is -4.45. The van der Waals surface area contributed by atoms with Crippen molar-refractivity contribution in [3.8, 4) is 17.3 Å². The minimum absolute atomic E-state index is 0.0607. The van der Waals surface area contributed by atoms with E-state index in [1.807, 2.05) is 6.07 Å². The van der Waals surface area contributed by atoms with Crippen LogP contribution < -0.4 is 4.90 Å². The summed E-state index contributed by atoms with van der Waals surface area (Å²) in [5.74, 6) is -1.04. The highest BCUT2D eigenvalue weighted by molar-refractivity contribution is 7.89. The van der Waals surface area contributed by atoms with Crippen LogP contribution in [0.25, 0.3) is 11.3 Å². The van der Waals surface area contributed by atoms with Gasteiger partial charge in [-0.15, -0.1) is 0 Å². The van der Waals surface area contributed by atoms with Crippen LogP contribution in [0.2, 0.25) is 0 Å². The van der Waals surface area contributed by atoms with Crippen molar-refractivity contribution in [2.45, 2.75) is 26.3 Å². The molecule has 0 spiro atoms. The highest BCUT2D eigenvalue weighted by atomic mass is 32.2. The Bertz CT molecular complexity index is 1680. The molecular formula is C25H25F2N9O3S. The fourth-order valence-electron chi connectivity index (χ4n) is 4.96. The molecule has 0 aliphatic carbocycles. The zero-order valence-electron chi connectivity index (χ0n) is 21.9. The van der Waals surface area contributed by atoms with E-state index < -0.39 is 27.7 Å². The Balaban J connectivity index is 1.32. The van der Waals surface area contributed by atoms with E-state index >= 15 is 0 Å². The lowest BCUT2D eigenvalue weighted by molar-refractivity contribution is 0.139. The van der Waals surface area contributed by atoms with E-state index in [9.17, 15) is 27.3 Å². The van der Waals surface area contributed by atoms with Crippen LogP contribution in [0.4, 0.5) is 19.5 Å². The SMILES string of the molecule is Cc1nn(S(C)(=O)=O)c(C)c1-c1nc(N2CCN(C(=O)N3N=CC[C@H]3c3cc(F)cc(C#N)c3)CC2)ncc1F. The van der Waals surface area contributed by atoms with Gasteiger partial charge in [-0.05, 0) is 37.6 Å². The van der Waals surface area contributed by atoms with Gasteiger partial charge < -0.3 is 9.80 Å². The first-order valence-electron chi connectivity index (χ1n) is 12.3. The largest absolute Gasteiger partial charge is 0.341 e. The fourth-order valence-corrected chi connectivity index (χ4v) is 5.82. The fraction of sp³-hybridized carbons (Fsp3) is 0.360. The van der Waals surface area contributed by atoms with Crippen LogP contribution in [0.3, 0.4) is 0 Å². The second kappa shape index (κ2) is 10.3. The van der Waals surface area contributed by atoms with Crippen LogP contribution >= 0.6 is 0 Å². The molecule has 0 N–H and O–H groups in total. The van der Waals surface area contributed by atoms with Gasteiger partial charge >= 0.3 is 6.03 Å². The summed E-state index contributed by atoms with van der Waals surface area (Å²) in [6.45, 7) is 4.39. The molecule has 15 heteroatoms. The van der Waals surface area contributed by atoms with Gasteiger partial charge in [0, 0.05) is 44.4 Å². The maximum atomic E-state index is 14.8. The first-order chi connectivity index (χ1) is 19.0. The highest BCUT2D eigenvalue weighted by Gasteiger charge is 2.34. The van der Waals surface area contributed by atoms with Crippen molar-refractivity contribution in [1.29, 1.82) is 5.26 Å². The van der Waals surface area contributed by atoms with Gasteiger partial charge in [-0.1, -0.05) is 0 Å². The van der Waals surface area contributed by atoms with Crippen molar-refractivity contribution in [2.75, 3.05) is 37.3 Å². The molecule has 4 heterocycles. The predicted octanol–water partition coefficient (Wildman–Crippen LogP) is 2.59. The zero-order valence-corrected chi connectivity index (χ0v) is 22.7. The summed E-state index contributed by atoms with van der Waals surface area (Å²) in [7, 11) is -3.69. The Labute approximate surface area is 229 Å². The van der Waals surface area contributed by atoms with Gasteiger partial charge in [0.15, 0.2) is 5.82 Å². The van der Waals surface area contributed by atoms with Crippen LogP contribution in [0, 0.1) is 36.8 Å². The van der Waals surface area contributed by atoms with E-state index in [4.69, 9.17) is 0 Å². The molecule has 0 bridgehead atoms. The topological polar surface area (TPSA) is 141 Å². The van der Waals surface area contributed by atoms with E-state index in [1.165, 1.54) is 18.0 Å². The molecule has 3 aromatic rings. The number of carbonyl (C=O) groups excluding carboxylic acids is 1. The van der Waals surface area contributed by atoms with Crippen LogP contribution in [-0.4, -0.2) is 82.2 Å². The van der Waals surface area contributed by atoms with E-state index in [1.54, 1.807) is 29.0 Å². The number of hydrogen-bond donors (Lipinski definition) is 0. The lowest BCUT2D eigenvalue weighted by atomic mass is 10.0. The van der Waals surface area contributed by atoms with Crippen molar-refractivity contribution in [1.82, 2.24) is 29.1 Å². The number of carbonyl (C=O) groups is 1. The second-order valence-corrected chi connectivity index (χ2v) is 11.4. The lowest BCUT2D eigenvalue weighted by Gasteiger charge is -2.37. The monoisotopic (exact) mass is 569 g/mol. The van der Waals surface area contributed by atoms with Crippen LogP contribution in [0.1, 0.15) is 35.0 Å². The molecule has 12 nitrogen and oxygen atoms in total. The number of hydrogen-bond acceptors (Lipinski definition) is 9. The Morgan fingerprint density at radius 3 is 2.50 bits per heavy atom. The minimum Gasteiger partial charge on any atom is -0.337 e. The van der Waals surface area contributed by atoms with Gasteiger partial charge in [-0.25, -0.2) is 37.0 Å². The summed E-state index contributed by atoms with van der Waals surface area (Å²) in [6, 6.07) is 5.01. The third-order valence-electron chi connectivity index (χ3n) is 6.83. The first-order valence-corrected chi connectivity index (χ1v) is 14.2. The molecule has 0 saturated carbocycles. The quantitative estimate of drug-likeness (QED) is 0.467. The van der Waals surface area contributed by atoms with E-state index in [0.29, 0.717) is 43.9 Å². The molecule has 2 amide bonds. The third kappa shape index (κ3) is 4.97. The number of aromatic nitrogens is 4. The molecule has 1 atom stereocenters. The number of halogens is 2. The number of nitrogens with zero attached hydrogens (tertiary/aromatic N) is 9. The number of rotatable bonds is 4. The van der Waals surface area contributed by atoms with Gasteiger partial charge in [0.2, 0.25) is 5.95 Å². The van der Waals surface area contributed by atoms with Crippen molar-refractivity contribution in [2.24, 2.45) is 5.10 Å². The summed E-state index contributed by atoms with van der Waals surface area (Å²) in [5, 5.41) is 18.7. The van der Waals surface area contributed by atoms with Crippen molar-refractivity contribution in [3.05, 3.63) is 58.5 Å². The third-order valence-corrected chi connectivity index (χ3v) is 7.81. The van der Waals surface area contributed by atoms with Gasteiger partial charge in [-0.3, -0.25) is 0 Å². The molecule has 2 aromatic heterocycles. The molecule has 2 aliphatic rings. The number of aryl methyl sites for hydroxylation is 1. The van der Waals surface area contributed by atoms with Crippen LogP contribution in [0.15, 0.2) is 29.5 Å². The molecule has 208 valence electrons. The van der Waals surface area contributed by atoms with E-state index in [0.717, 1.165) is 22.6 Å². The first kappa shape index (κ1) is 27.1. The highest BCUT2D eigenvalue weighted by Crippen LogP contribution is 2.32. The predicted molar refractivity (Wildman–Crippen MR) is 141 cm³/mol. The number of benzene rings is 1. The number of anilines is 1. The molecule has 5 rings (SSSR count). The molecule has 1 aromatic carbocycles. The van der Waals surface area contributed by atoms with Gasteiger partial charge in [0.25, 0.3) is 10.0 Å². The standard InChI is InChI=1S/C25H25F2N9O3S/c1-15-22(16(2)36(32-15)40(3,38)39)23-20(27)14-29-24(31-23)33-6-8-34(9-7-33)25(37)35-21(4-5-30-35)18-10-17(13-28)11-19(26)12-18/h5,10-12,14,21H,4,6-9H2,1-3H3/t21-/m0/s1. The average Bonchev–Trinajstić information content (AvgIpc) is 3.53. The average molecular weight is 570 g/mol. The van der Waals surface area contributed by atoms with Crippen LogP contribution in [-0.2, 0) is 10.0 Å². The van der Waals surface area contributed by atoms with Crippen molar-refractivity contribution in [3.63, 3.8) is 0 Å². The lowest BCUT2D eigenvalue weighted by Crippen LogP contribution is -2.52. The Kier molecular flexibility index (Phi) is 6.96. The molecule has 1 fully saturated rings. The van der Waals surface area contributed by atoms with Gasteiger partial charge in [-0.2, -0.15) is 19.5 Å². The Morgan fingerprint density at radius 2 is 1.85 bits per heavy atom. The molecule has 40 heavy (non-hydrogen) atoms. The number of amides is 2. The number of piperazine rings is 1. The van der Waals surface area contributed by atoms with Gasteiger partial charge in [0.05, 0.1) is 41.5 Å². The van der Waals surface area contributed by atoms with Crippen molar-refractivity contribution < 1.29 is 22.0 Å². The smallest absolute Gasteiger partial charge is 0.337 e. The number of nitriles is 1. The maximum absolute atomic E-state index is 14.8. The molecule has 1 saturated heterocycles. The van der Waals surface area contributed by atoms with E-state index in [2.05, 4.69) is 20.2 Å². The zero-order chi connectivity index (χ0) is 28.8. The molecule has 0 radical (unpaired) electrons. The number of hydrazone groups is 1. The normalized spacial score (nSPS) is 17.4. The molecule has 0 unspecified atom stereocenters. The minimum atomic E-state index is -3.69. The summed E-state index contributed by atoms with van der Waals surface area (Å²) in [4.78, 5) is 25.3. The summed E-state index contributed by atoms with van der Waals surface area (Å²) in [5.41, 5.74) is 1.40. The van der Waals surface area contributed by atoms with E-state index in [-0.39, 0.29) is 34.5 Å². The maximum Gasteiger partial charge on any atom is 0.341 e. The summed E-state index contributed by atoms with van der Waals surface area (Å²) >= 11 is 0. The summed E-state index contributed by atoms with van der Waals surface area (Å²) < 4.78 is 53.9. The Morgan fingerprint density at radius 1 is 1.12 bits per heavy atom. The van der Waals surface area contributed by atoms with Gasteiger partial charge in [0.1, 0.15) is 11.5 Å². The number of urea groups is 1. The second-order valence-electron chi connectivity index (χ2n) is 9.55. The summed E-state index contributed by atoms with van der Waals surface area (Å²) in [6.07, 6.45) is 4.01. The van der Waals surface area contributed by atoms with Crippen LogP contribution in [0.5, 0.6) is 0 Å². The molecular weight excluding hydrogens is 544 g/mol.